The summed E-state index contributed by atoms with van der Waals surface area (Å²) in [5.74, 6) is -1.45. The third kappa shape index (κ3) is 5.58. The Morgan fingerprint density at radius 1 is 0.833 bits per heavy atom. The number of hydrogen-bond donors (Lipinski definition) is 1. The number of aryl methyl sites for hydroxylation is 1. The molecule has 18 heavy (non-hydrogen) atoms. The Balaban J connectivity index is 2.09. The first-order chi connectivity index (χ1) is 8.75. The van der Waals surface area contributed by atoms with Crippen LogP contribution in [0.25, 0.3) is 0 Å². The van der Waals surface area contributed by atoms with E-state index in [1.807, 2.05) is 0 Å². The van der Waals surface area contributed by atoms with E-state index in [0.717, 1.165) is 51.0 Å². The number of unbranched alkanes of at least 4 members (excludes halogenated alkanes) is 6. The Morgan fingerprint density at radius 3 is 2.11 bits per heavy atom. The van der Waals surface area contributed by atoms with Gasteiger partial charge in [-0.1, -0.05) is 44.2 Å². The second kappa shape index (κ2) is 9.03. The van der Waals surface area contributed by atoms with Crippen molar-refractivity contribution in [2.75, 3.05) is 6.61 Å². The van der Waals surface area contributed by atoms with Gasteiger partial charge in [-0.3, -0.25) is 0 Å². The minimum Gasteiger partial charge on any atom is -0.396 e. The first kappa shape index (κ1) is 15.1. The molecular weight excluding hydrogens is 234 g/mol. The Labute approximate surface area is 108 Å². The van der Waals surface area contributed by atoms with Crippen LogP contribution in [-0.2, 0) is 6.42 Å². The standard InChI is InChI=1S/C15H22F2O/c16-14-11-8-10-13(15(14)17)9-6-4-2-1-3-5-7-12-18/h8,10-11,18H,1-7,9,12H2. The molecule has 0 saturated heterocycles. The van der Waals surface area contributed by atoms with Crippen molar-refractivity contribution in [3.05, 3.63) is 35.4 Å². The molecule has 0 radical (unpaired) electrons. The van der Waals surface area contributed by atoms with Gasteiger partial charge in [-0.15, -0.1) is 0 Å². The van der Waals surface area contributed by atoms with Crippen LogP contribution < -0.4 is 0 Å². The molecule has 1 aromatic carbocycles. The molecule has 0 aliphatic heterocycles. The van der Waals surface area contributed by atoms with Gasteiger partial charge >= 0.3 is 0 Å². The van der Waals surface area contributed by atoms with Crippen LogP contribution in [0.15, 0.2) is 18.2 Å². The minimum absolute atomic E-state index is 0.277. The largest absolute Gasteiger partial charge is 0.396 e. The lowest BCUT2D eigenvalue weighted by Crippen LogP contribution is -1.94. The summed E-state index contributed by atoms with van der Waals surface area (Å²) in [6.45, 7) is 0.277. The van der Waals surface area contributed by atoms with Gasteiger partial charge < -0.3 is 5.11 Å². The number of halogens is 2. The SMILES string of the molecule is OCCCCCCCCCc1cccc(F)c1F. The fourth-order valence-electron chi connectivity index (χ4n) is 2.05. The van der Waals surface area contributed by atoms with Gasteiger partial charge in [0.25, 0.3) is 0 Å². The third-order valence-electron chi connectivity index (χ3n) is 3.14. The zero-order valence-corrected chi connectivity index (χ0v) is 10.8. The average molecular weight is 256 g/mol. The summed E-state index contributed by atoms with van der Waals surface area (Å²) < 4.78 is 26.2. The molecule has 0 amide bonds. The average Bonchev–Trinajstić information content (AvgIpc) is 2.37. The van der Waals surface area contributed by atoms with E-state index in [-0.39, 0.29) is 6.61 Å². The zero-order valence-electron chi connectivity index (χ0n) is 10.8. The van der Waals surface area contributed by atoms with Crippen molar-refractivity contribution in [1.82, 2.24) is 0 Å². The molecule has 102 valence electrons. The third-order valence-corrected chi connectivity index (χ3v) is 3.14. The van der Waals surface area contributed by atoms with E-state index in [1.54, 1.807) is 12.1 Å². The monoisotopic (exact) mass is 256 g/mol. The quantitative estimate of drug-likeness (QED) is 0.655. The first-order valence-electron chi connectivity index (χ1n) is 6.79. The molecule has 0 fully saturated rings. The van der Waals surface area contributed by atoms with Gasteiger partial charge in [-0.05, 0) is 30.9 Å². The molecule has 0 aliphatic rings. The highest BCUT2D eigenvalue weighted by atomic mass is 19.2. The van der Waals surface area contributed by atoms with Crippen molar-refractivity contribution < 1.29 is 13.9 Å². The Kier molecular flexibility index (Phi) is 7.58. The van der Waals surface area contributed by atoms with Crippen LogP contribution in [0.5, 0.6) is 0 Å². The first-order valence-corrected chi connectivity index (χ1v) is 6.79. The molecule has 3 heteroatoms. The number of hydrogen-bond acceptors (Lipinski definition) is 1. The van der Waals surface area contributed by atoms with Gasteiger partial charge in [0.2, 0.25) is 0 Å². The van der Waals surface area contributed by atoms with Crippen LogP contribution in [0.1, 0.15) is 50.5 Å². The van der Waals surface area contributed by atoms with Crippen molar-refractivity contribution in [1.29, 1.82) is 0 Å². The smallest absolute Gasteiger partial charge is 0.162 e. The molecule has 0 saturated carbocycles. The highest BCUT2D eigenvalue weighted by molar-refractivity contribution is 5.18. The van der Waals surface area contributed by atoms with Crippen LogP contribution in [0, 0.1) is 11.6 Å². The second-order valence-electron chi connectivity index (χ2n) is 4.66. The molecule has 1 N–H and O–H groups in total. The highest BCUT2D eigenvalue weighted by Gasteiger charge is 2.06. The summed E-state index contributed by atoms with van der Waals surface area (Å²) in [5.41, 5.74) is 0.482. The van der Waals surface area contributed by atoms with Gasteiger partial charge in [0.1, 0.15) is 0 Å². The van der Waals surface area contributed by atoms with Crippen LogP contribution in [0.3, 0.4) is 0 Å². The van der Waals surface area contributed by atoms with Crippen molar-refractivity contribution in [3.8, 4) is 0 Å². The predicted octanol–water partition coefficient (Wildman–Crippen LogP) is 4.23. The van der Waals surface area contributed by atoms with E-state index in [1.165, 1.54) is 0 Å². The lowest BCUT2D eigenvalue weighted by molar-refractivity contribution is 0.282. The van der Waals surface area contributed by atoms with Crippen LogP contribution in [0.4, 0.5) is 8.78 Å². The summed E-state index contributed by atoms with van der Waals surface area (Å²) in [6, 6.07) is 4.36. The van der Waals surface area contributed by atoms with E-state index in [0.29, 0.717) is 12.0 Å². The molecule has 0 heterocycles. The van der Waals surface area contributed by atoms with Gasteiger partial charge in [0, 0.05) is 6.61 Å². The molecule has 0 bridgehead atoms. The number of benzene rings is 1. The fourth-order valence-corrected chi connectivity index (χ4v) is 2.05. The van der Waals surface area contributed by atoms with E-state index in [9.17, 15) is 8.78 Å². The molecule has 0 unspecified atom stereocenters. The number of aliphatic hydroxyl groups excluding tert-OH is 1. The minimum atomic E-state index is -0.753. The topological polar surface area (TPSA) is 20.2 Å². The Hall–Kier alpha value is -0.960. The molecule has 1 rings (SSSR count). The van der Waals surface area contributed by atoms with Crippen molar-refractivity contribution in [2.24, 2.45) is 0 Å². The molecule has 0 aliphatic carbocycles. The number of aliphatic hydroxyl groups is 1. The molecule has 0 aromatic heterocycles. The molecular formula is C15H22F2O. The van der Waals surface area contributed by atoms with Crippen LogP contribution in [-0.4, -0.2) is 11.7 Å². The van der Waals surface area contributed by atoms with Crippen molar-refractivity contribution in [2.45, 2.75) is 51.4 Å². The normalized spacial score (nSPS) is 10.8. The molecule has 1 aromatic rings. The number of rotatable bonds is 9. The summed E-state index contributed by atoms with van der Waals surface area (Å²) in [5, 5.41) is 8.62. The molecule has 1 nitrogen and oxygen atoms in total. The molecule has 0 atom stereocenters. The maximum absolute atomic E-state index is 13.3. The second-order valence-corrected chi connectivity index (χ2v) is 4.66. The van der Waals surface area contributed by atoms with E-state index < -0.39 is 11.6 Å². The maximum Gasteiger partial charge on any atom is 0.162 e. The van der Waals surface area contributed by atoms with Crippen LogP contribution >= 0.6 is 0 Å². The van der Waals surface area contributed by atoms with E-state index >= 15 is 0 Å². The maximum atomic E-state index is 13.3. The van der Waals surface area contributed by atoms with Crippen LogP contribution in [0.2, 0.25) is 0 Å². The van der Waals surface area contributed by atoms with E-state index in [2.05, 4.69) is 0 Å². The van der Waals surface area contributed by atoms with Gasteiger partial charge in [0.05, 0.1) is 0 Å². The lowest BCUT2D eigenvalue weighted by atomic mass is 10.0. The van der Waals surface area contributed by atoms with Gasteiger partial charge in [-0.2, -0.15) is 0 Å². The highest BCUT2D eigenvalue weighted by Crippen LogP contribution is 2.15. The lowest BCUT2D eigenvalue weighted by Gasteiger charge is -2.04. The summed E-state index contributed by atoms with van der Waals surface area (Å²) >= 11 is 0. The summed E-state index contributed by atoms with van der Waals surface area (Å²) in [7, 11) is 0. The van der Waals surface area contributed by atoms with E-state index in [4.69, 9.17) is 5.11 Å². The summed E-state index contributed by atoms with van der Waals surface area (Å²) in [4.78, 5) is 0. The van der Waals surface area contributed by atoms with Gasteiger partial charge in [-0.25, -0.2) is 8.78 Å². The fraction of sp³-hybridized carbons (Fsp3) is 0.600. The zero-order chi connectivity index (χ0) is 13.2. The van der Waals surface area contributed by atoms with Gasteiger partial charge in [0.15, 0.2) is 11.6 Å². The Morgan fingerprint density at radius 2 is 1.44 bits per heavy atom. The molecule has 0 spiro atoms. The predicted molar refractivity (Wildman–Crippen MR) is 69.5 cm³/mol. The Bertz CT molecular complexity index is 339. The summed E-state index contributed by atoms with van der Waals surface area (Å²) in [6.07, 6.45) is 7.96. The van der Waals surface area contributed by atoms with Crippen molar-refractivity contribution in [3.63, 3.8) is 0 Å². The van der Waals surface area contributed by atoms with Crippen molar-refractivity contribution >= 4 is 0 Å².